The molecule has 0 unspecified atom stereocenters. The zero-order valence-corrected chi connectivity index (χ0v) is 19.9. The van der Waals surface area contributed by atoms with Gasteiger partial charge in [0.25, 0.3) is 0 Å². The van der Waals surface area contributed by atoms with Gasteiger partial charge in [-0.1, -0.05) is 61.0 Å². The number of nitrogens with zero attached hydrogens (tertiary/aromatic N) is 4. The standard InChI is InChI=1S/C24H27ClN4O2S/c1-3-22-21(17-18-8-7-11-20(25)16-18)24(27-23(26-22)19-9-5-4-6-10-19)28-12-14-29(15-13-28)32(2,30)31/h4-11,16H,3,12-15,17H2,1-2H3. The first-order valence-electron chi connectivity index (χ1n) is 10.7. The second-order valence-electron chi connectivity index (χ2n) is 7.97. The first kappa shape index (κ1) is 22.7. The van der Waals surface area contributed by atoms with E-state index in [-0.39, 0.29) is 0 Å². The Bertz CT molecular complexity index is 1190. The molecule has 168 valence electrons. The van der Waals surface area contributed by atoms with Gasteiger partial charge in [0.1, 0.15) is 5.82 Å². The molecule has 0 aliphatic carbocycles. The molecule has 1 aliphatic heterocycles. The van der Waals surface area contributed by atoms with Crippen LogP contribution in [0.5, 0.6) is 0 Å². The third kappa shape index (κ3) is 5.11. The molecule has 3 aromatic rings. The molecule has 0 amide bonds. The van der Waals surface area contributed by atoms with Crippen LogP contribution in [0, 0.1) is 0 Å². The average Bonchev–Trinajstić information content (AvgIpc) is 2.79. The molecular weight excluding hydrogens is 444 g/mol. The lowest BCUT2D eigenvalue weighted by atomic mass is 10.0. The zero-order valence-electron chi connectivity index (χ0n) is 18.3. The van der Waals surface area contributed by atoms with Crippen molar-refractivity contribution in [1.29, 1.82) is 0 Å². The highest BCUT2D eigenvalue weighted by Crippen LogP contribution is 2.29. The SMILES string of the molecule is CCc1nc(-c2ccccc2)nc(N2CCN(S(C)(=O)=O)CC2)c1Cc1cccc(Cl)c1. The Labute approximate surface area is 194 Å². The molecule has 0 bridgehead atoms. The molecule has 32 heavy (non-hydrogen) atoms. The summed E-state index contributed by atoms with van der Waals surface area (Å²) in [6.07, 6.45) is 2.70. The summed E-state index contributed by atoms with van der Waals surface area (Å²) in [5.74, 6) is 1.57. The summed E-state index contributed by atoms with van der Waals surface area (Å²) in [7, 11) is -3.20. The fourth-order valence-electron chi connectivity index (χ4n) is 4.05. The Morgan fingerprint density at radius 2 is 1.69 bits per heavy atom. The van der Waals surface area contributed by atoms with Crippen molar-refractivity contribution in [3.05, 3.63) is 76.4 Å². The molecule has 1 aromatic heterocycles. The molecule has 4 rings (SSSR count). The number of halogens is 1. The number of aromatic nitrogens is 2. The van der Waals surface area contributed by atoms with Gasteiger partial charge >= 0.3 is 0 Å². The fraction of sp³-hybridized carbons (Fsp3) is 0.333. The van der Waals surface area contributed by atoms with Gasteiger partial charge in [0.05, 0.1) is 6.26 Å². The van der Waals surface area contributed by atoms with Crippen LogP contribution in [0.3, 0.4) is 0 Å². The van der Waals surface area contributed by atoms with Crippen LogP contribution in [0.2, 0.25) is 5.02 Å². The molecule has 1 fully saturated rings. The van der Waals surface area contributed by atoms with Crippen LogP contribution < -0.4 is 4.90 Å². The van der Waals surface area contributed by atoms with E-state index in [9.17, 15) is 8.42 Å². The van der Waals surface area contributed by atoms with Crippen molar-refractivity contribution in [2.24, 2.45) is 0 Å². The number of aryl methyl sites for hydroxylation is 1. The molecule has 0 atom stereocenters. The molecule has 6 nitrogen and oxygen atoms in total. The molecule has 0 spiro atoms. The van der Waals surface area contributed by atoms with Crippen molar-refractivity contribution in [2.45, 2.75) is 19.8 Å². The maximum atomic E-state index is 12.0. The zero-order chi connectivity index (χ0) is 22.7. The first-order valence-corrected chi connectivity index (χ1v) is 13.0. The predicted octanol–water partition coefficient (Wildman–Crippen LogP) is 4.03. The normalized spacial score (nSPS) is 15.2. The highest BCUT2D eigenvalue weighted by atomic mass is 35.5. The lowest BCUT2D eigenvalue weighted by Gasteiger charge is -2.35. The number of benzene rings is 2. The maximum Gasteiger partial charge on any atom is 0.211 e. The van der Waals surface area contributed by atoms with Crippen LogP contribution in [0.1, 0.15) is 23.7 Å². The summed E-state index contributed by atoms with van der Waals surface area (Å²) < 4.78 is 25.5. The van der Waals surface area contributed by atoms with Crippen molar-refractivity contribution in [2.75, 3.05) is 37.3 Å². The number of sulfonamides is 1. The molecular formula is C24H27ClN4O2S. The van der Waals surface area contributed by atoms with Crippen molar-refractivity contribution < 1.29 is 8.42 Å². The number of hydrogen-bond acceptors (Lipinski definition) is 5. The molecule has 1 aliphatic rings. The number of anilines is 1. The van der Waals surface area contributed by atoms with Gasteiger partial charge in [-0.25, -0.2) is 18.4 Å². The van der Waals surface area contributed by atoms with Crippen molar-refractivity contribution >= 4 is 27.4 Å². The molecule has 2 aromatic carbocycles. The van der Waals surface area contributed by atoms with Gasteiger partial charge in [-0.2, -0.15) is 4.31 Å². The molecule has 8 heteroatoms. The minimum absolute atomic E-state index is 0.446. The molecule has 2 heterocycles. The van der Waals surface area contributed by atoms with E-state index in [0.29, 0.717) is 43.4 Å². The Morgan fingerprint density at radius 1 is 0.969 bits per heavy atom. The van der Waals surface area contributed by atoms with Crippen LogP contribution in [-0.4, -0.2) is 55.1 Å². The lowest BCUT2D eigenvalue weighted by Crippen LogP contribution is -2.49. The lowest BCUT2D eigenvalue weighted by molar-refractivity contribution is 0.386. The topological polar surface area (TPSA) is 66.4 Å². The van der Waals surface area contributed by atoms with Gasteiger partial charge < -0.3 is 4.90 Å². The monoisotopic (exact) mass is 470 g/mol. The highest BCUT2D eigenvalue weighted by Gasteiger charge is 2.27. The minimum atomic E-state index is -3.20. The van der Waals surface area contributed by atoms with Gasteiger partial charge in [0.2, 0.25) is 10.0 Å². The van der Waals surface area contributed by atoms with E-state index in [1.165, 1.54) is 10.6 Å². The summed E-state index contributed by atoms with van der Waals surface area (Å²) in [6.45, 7) is 4.17. The van der Waals surface area contributed by atoms with E-state index in [2.05, 4.69) is 17.9 Å². The minimum Gasteiger partial charge on any atom is -0.354 e. The third-order valence-electron chi connectivity index (χ3n) is 5.71. The van der Waals surface area contributed by atoms with Crippen LogP contribution in [0.15, 0.2) is 54.6 Å². The maximum absolute atomic E-state index is 12.0. The summed E-state index contributed by atoms with van der Waals surface area (Å²) in [5, 5.41) is 0.700. The van der Waals surface area contributed by atoms with E-state index in [1.54, 1.807) is 0 Å². The van der Waals surface area contributed by atoms with E-state index in [0.717, 1.165) is 34.6 Å². The predicted molar refractivity (Wildman–Crippen MR) is 130 cm³/mol. The molecule has 1 saturated heterocycles. The first-order chi connectivity index (χ1) is 15.3. The molecule has 0 radical (unpaired) electrons. The largest absolute Gasteiger partial charge is 0.354 e. The van der Waals surface area contributed by atoms with Crippen molar-refractivity contribution in [3.8, 4) is 11.4 Å². The van der Waals surface area contributed by atoms with E-state index in [1.807, 2.05) is 48.5 Å². The highest BCUT2D eigenvalue weighted by molar-refractivity contribution is 7.88. The Balaban J connectivity index is 1.77. The summed E-state index contributed by atoms with van der Waals surface area (Å²) in [4.78, 5) is 12.1. The summed E-state index contributed by atoms with van der Waals surface area (Å²) in [5.41, 5.74) is 4.13. The summed E-state index contributed by atoms with van der Waals surface area (Å²) in [6, 6.07) is 17.8. The van der Waals surface area contributed by atoms with Gasteiger partial charge in [-0.15, -0.1) is 0 Å². The van der Waals surface area contributed by atoms with Crippen LogP contribution in [0.25, 0.3) is 11.4 Å². The van der Waals surface area contributed by atoms with Crippen molar-refractivity contribution in [3.63, 3.8) is 0 Å². The Morgan fingerprint density at radius 3 is 2.31 bits per heavy atom. The van der Waals surface area contributed by atoms with Crippen LogP contribution >= 0.6 is 11.6 Å². The second kappa shape index (κ2) is 9.57. The van der Waals surface area contributed by atoms with Gasteiger partial charge in [-0.3, -0.25) is 0 Å². The quantitative estimate of drug-likeness (QED) is 0.544. The van der Waals surface area contributed by atoms with E-state index >= 15 is 0 Å². The third-order valence-corrected chi connectivity index (χ3v) is 7.25. The molecule has 0 saturated carbocycles. The van der Waals surface area contributed by atoms with E-state index < -0.39 is 10.0 Å². The number of piperazine rings is 1. The van der Waals surface area contributed by atoms with Gasteiger partial charge in [-0.05, 0) is 24.1 Å². The molecule has 0 N–H and O–H groups in total. The van der Waals surface area contributed by atoms with Crippen molar-refractivity contribution in [1.82, 2.24) is 14.3 Å². The average molecular weight is 471 g/mol. The van der Waals surface area contributed by atoms with E-state index in [4.69, 9.17) is 21.6 Å². The summed E-state index contributed by atoms with van der Waals surface area (Å²) >= 11 is 6.23. The smallest absolute Gasteiger partial charge is 0.211 e. The number of rotatable bonds is 6. The van der Waals surface area contributed by atoms with Crippen LogP contribution in [0.4, 0.5) is 5.82 Å². The second-order valence-corrected chi connectivity index (χ2v) is 10.4. The van der Waals surface area contributed by atoms with Gasteiger partial charge in [0.15, 0.2) is 5.82 Å². The Kier molecular flexibility index (Phi) is 6.79. The van der Waals surface area contributed by atoms with Crippen LogP contribution in [-0.2, 0) is 22.9 Å². The fourth-order valence-corrected chi connectivity index (χ4v) is 5.09. The van der Waals surface area contributed by atoms with Gasteiger partial charge in [0, 0.05) is 54.4 Å². The Hall–Kier alpha value is -2.48. The number of hydrogen-bond donors (Lipinski definition) is 0.